The Kier molecular flexibility index (Phi) is 10.8. The highest BCUT2D eigenvalue weighted by Crippen LogP contribution is 2.48. The van der Waals surface area contributed by atoms with Crippen molar-refractivity contribution in [2.75, 3.05) is 13.7 Å². The van der Waals surface area contributed by atoms with Crippen LogP contribution in [0.5, 0.6) is 11.6 Å². The molecular formula is C40H51F4N5O9S. The molecule has 7 atom stereocenters. The fourth-order valence-corrected chi connectivity index (χ4v) is 8.99. The van der Waals surface area contributed by atoms with E-state index in [4.69, 9.17) is 18.3 Å². The van der Waals surface area contributed by atoms with Crippen LogP contribution in [-0.2, 0) is 29.1 Å². The quantitative estimate of drug-likeness (QED) is 0.217. The van der Waals surface area contributed by atoms with Gasteiger partial charge in [-0.2, -0.15) is 13.2 Å². The van der Waals surface area contributed by atoms with E-state index in [0.717, 1.165) is 11.0 Å². The van der Waals surface area contributed by atoms with Gasteiger partial charge >= 0.3 is 12.3 Å². The minimum absolute atomic E-state index is 0.0520. The Bertz CT molecular complexity index is 2240. The lowest BCUT2D eigenvalue weighted by molar-refractivity contribution is -0.244. The number of sulfonamides is 1. The first-order valence-electron chi connectivity index (χ1n) is 21.0. The minimum atomic E-state index is -4.97. The molecule has 4 aliphatic rings. The lowest BCUT2D eigenvalue weighted by atomic mass is 9.85. The van der Waals surface area contributed by atoms with E-state index in [1.165, 1.54) is 19.4 Å². The topological polar surface area (TPSA) is 182 Å². The number of allylic oxidation sites excluding steroid dienone is 1. The summed E-state index contributed by atoms with van der Waals surface area (Å²) in [5, 5.41) is 5.72. The van der Waals surface area contributed by atoms with Crippen molar-refractivity contribution in [2.45, 2.75) is 126 Å². The number of rotatable bonds is 9. The molecule has 2 aromatic rings. The summed E-state index contributed by atoms with van der Waals surface area (Å²) < 4.78 is 123. The van der Waals surface area contributed by atoms with Crippen LogP contribution in [0, 0.1) is 23.6 Å². The highest BCUT2D eigenvalue weighted by atomic mass is 32.2. The molecule has 4 amide bonds. The van der Waals surface area contributed by atoms with Crippen molar-refractivity contribution in [3.63, 3.8) is 0 Å². The number of hydrogen-bond acceptors (Lipinski definition) is 10. The third-order valence-electron chi connectivity index (χ3n) is 11.8. The third kappa shape index (κ3) is 8.94. The highest BCUT2D eigenvalue weighted by Gasteiger charge is 2.63. The van der Waals surface area contributed by atoms with Crippen molar-refractivity contribution in [1.29, 1.82) is 0 Å². The van der Waals surface area contributed by atoms with Crippen molar-refractivity contribution in [2.24, 2.45) is 17.8 Å². The number of alkyl carbamates (subject to hydrolysis) is 1. The molecular weight excluding hydrogens is 803 g/mol. The van der Waals surface area contributed by atoms with Crippen molar-refractivity contribution in [3.8, 4) is 11.6 Å². The van der Waals surface area contributed by atoms with Gasteiger partial charge in [-0.25, -0.2) is 22.6 Å². The van der Waals surface area contributed by atoms with Gasteiger partial charge in [0.25, 0.3) is 5.91 Å². The zero-order valence-electron chi connectivity index (χ0n) is 36.3. The van der Waals surface area contributed by atoms with Gasteiger partial charge in [-0.05, 0) is 94.6 Å². The summed E-state index contributed by atoms with van der Waals surface area (Å²) in [6, 6.07) is 1.12. The number of alkyl halides is 3. The van der Waals surface area contributed by atoms with Crippen LogP contribution in [0.25, 0.3) is 10.8 Å². The Hall–Kier alpha value is -4.68. The maximum absolute atomic E-state index is 14.9. The third-order valence-corrected chi connectivity index (χ3v) is 13.7. The standard InChI is InChI=1S/C40H51F4N5O9S/c1-7-23-16-22(2)10-8-9-11-25-20-39(25,35(52)48-59(54,55)38(5)13-14-38)47-32(50)29-18-26(57-33-27-19-28(41)30(56-6)17-24(27)12-15-45-33)21-49(29)34(51)31(23)46-36(53)58-37(3,4)40(42,43)44/h9,11-12,15,17,19,22-23,25-26,29,31H,7-8,10,13-14,16,18,20-21H2,1-6H3,(H,46,53)(H,47,50)(H,48,52)/b11-9-/t22-,23+,25+,26+,29-,31-,39+/m0/s1/i5D3. The number of benzene rings is 1. The smallest absolute Gasteiger partial charge is 0.427 e. The Morgan fingerprint density at radius 3 is 2.54 bits per heavy atom. The van der Waals surface area contributed by atoms with E-state index < -0.39 is 98.6 Å². The van der Waals surface area contributed by atoms with E-state index >= 15 is 0 Å². The highest BCUT2D eigenvalue weighted by molar-refractivity contribution is 7.91. The molecule has 19 heteroatoms. The molecule has 2 aliphatic heterocycles. The van der Waals surface area contributed by atoms with Crippen LogP contribution in [0.1, 0.15) is 90.0 Å². The Morgan fingerprint density at radius 1 is 1.17 bits per heavy atom. The average molecular weight is 857 g/mol. The first-order chi connectivity index (χ1) is 28.8. The molecule has 3 fully saturated rings. The number of hydrogen-bond donors (Lipinski definition) is 3. The molecule has 324 valence electrons. The van der Waals surface area contributed by atoms with Crippen LogP contribution in [-0.4, -0.2) is 96.0 Å². The second-order valence-corrected chi connectivity index (χ2v) is 18.5. The molecule has 59 heavy (non-hydrogen) atoms. The molecule has 3 heterocycles. The molecule has 14 nitrogen and oxygen atoms in total. The van der Waals surface area contributed by atoms with Gasteiger partial charge in [0.2, 0.25) is 33.3 Å². The predicted octanol–water partition coefficient (Wildman–Crippen LogP) is 5.44. The predicted molar refractivity (Wildman–Crippen MR) is 206 cm³/mol. The zero-order valence-corrected chi connectivity index (χ0v) is 34.1. The molecule has 1 saturated heterocycles. The number of methoxy groups -OCH3 is 1. The van der Waals surface area contributed by atoms with Gasteiger partial charge in [0.15, 0.2) is 11.6 Å². The fourth-order valence-electron chi connectivity index (χ4n) is 7.73. The maximum atomic E-state index is 14.9. The summed E-state index contributed by atoms with van der Waals surface area (Å²) in [5.41, 5.74) is -4.84. The lowest BCUT2D eigenvalue weighted by Gasteiger charge is -2.35. The van der Waals surface area contributed by atoms with E-state index in [0.29, 0.717) is 38.5 Å². The average Bonchev–Trinajstić information content (AvgIpc) is 4.09. The van der Waals surface area contributed by atoms with Gasteiger partial charge in [0.1, 0.15) is 23.7 Å². The van der Waals surface area contributed by atoms with Crippen LogP contribution in [0.15, 0.2) is 36.5 Å². The van der Waals surface area contributed by atoms with Crippen LogP contribution in [0.4, 0.5) is 22.4 Å². The molecule has 0 bridgehead atoms. The van der Waals surface area contributed by atoms with E-state index in [-0.39, 0.29) is 61.6 Å². The van der Waals surface area contributed by atoms with Gasteiger partial charge in [-0.1, -0.05) is 32.4 Å². The molecule has 0 unspecified atom stereocenters. The number of halogens is 4. The molecule has 3 N–H and O–H groups in total. The van der Waals surface area contributed by atoms with E-state index in [9.17, 15) is 45.2 Å². The van der Waals surface area contributed by atoms with E-state index in [1.54, 1.807) is 25.1 Å². The normalized spacial score (nSPS) is 30.1. The zero-order chi connectivity index (χ0) is 45.8. The number of nitrogens with one attached hydrogen (secondary N) is 3. The second-order valence-electron chi connectivity index (χ2n) is 16.5. The van der Waals surface area contributed by atoms with Crippen molar-refractivity contribution < 1.29 is 63.5 Å². The second kappa shape index (κ2) is 16.1. The fraction of sp³-hybridized carbons (Fsp3) is 0.625. The molecule has 2 saturated carbocycles. The summed E-state index contributed by atoms with van der Waals surface area (Å²) in [5.74, 6) is -5.39. The SMILES string of the molecule is [2H]C([2H])([2H])C1(S(=O)(=O)NC(=O)[C@@]23C[C@H]2/C=C\CC[C@H](C)C[C@@H](CC)[C@H](NC(=O)OC(C)(C)C(F)(F)F)C(=O)N2C[C@H](Oc4nccc5cc(OC)c(F)cc45)C[C@H]2C(=O)N3)CC1. The molecule has 1 aromatic heterocycles. The summed E-state index contributed by atoms with van der Waals surface area (Å²) >= 11 is 0. The van der Waals surface area contributed by atoms with Crippen molar-refractivity contribution >= 4 is 44.6 Å². The van der Waals surface area contributed by atoms with Crippen molar-refractivity contribution in [1.82, 2.24) is 25.2 Å². The Labute approximate surface area is 344 Å². The number of aromatic nitrogens is 1. The molecule has 6 rings (SSSR count). The molecule has 2 aliphatic carbocycles. The summed E-state index contributed by atoms with van der Waals surface area (Å²) in [7, 11) is -3.50. The number of amides is 4. The number of carbonyl (C=O) groups is 4. The van der Waals surface area contributed by atoms with Gasteiger partial charge in [-0.3, -0.25) is 19.1 Å². The van der Waals surface area contributed by atoms with E-state index in [2.05, 4.69) is 15.6 Å². The Balaban J connectivity index is 1.38. The number of carbonyl (C=O) groups excluding carboxylic acids is 4. The number of pyridine rings is 1. The van der Waals surface area contributed by atoms with Gasteiger partial charge in [0.05, 0.1) is 18.4 Å². The lowest BCUT2D eigenvalue weighted by Crippen LogP contribution is -2.60. The van der Waals surface area contributed by atoms with Crippen LogP contribution >= 0.6 is 0 Å². The number of fused-ring (bicyclic) bond motifs is 3. The molecule has 0 radical (unpaired) electrons. The van der Waals surface area contributed by atoms with E-state index in [1.807, 2.05) is 11.6 Å². The number of nitrogens with zero attached hydrogens (tertiary/aromatic N) is 2. The molecule has 0 spiro atoms. The Morgan fingerprint density at radius 2 is 1.90 bits per heavy atom. The number of ether oxygens (including phenoxy) is 3. The van der Waals surface area contributed by atoms with Crippen molar-refractivity contribution in [3.05, 3.63) is 42.4 Å². The van der Waals surface area contributed by atoms with Gasteiger partial charge < -0.3 is 29.7 Å². The minimum Gasteiger partial charge on any atom is -0.494 e. The summed E-state index contributed by atoms with van der Waals surface area (Å²) in [6.07, 6.45) is -1.99. The maximum Gasteiger partial charge on any atom is 0.427 e. The summed E-state index contributed by atoms with van der Waals surface area (Å²) in [4.78, 5) is 62.2. The van der Waals surface area contributed by atoms with Crippen LogP contribution in [0.3, 0.4) is 0 Å². The molecule has 1 aromatic carbocycles. The van der Waals surface area contributed by atoms with Crippen LogP contribution in [0.2, 0.25) is 0 Å². The summed E-state index contributed by atoms with van der Waals surface area (Å²) in [6.45, 7) is 1.62. The first kappa shape index (κ1) is 39.8. The van der Waals surface area contributed by atoms with Gasteiger partial charge in [0, 0.05) is 28.0 Å². The largest absolute Gasteiger partial charge is 0.494 e. The first-order valence-corrected chi connectivity index (χ1v) is 21.0. The van der Waals surface area contributed by atoms with Crippen LogP contribution < -0.4 is 24.8 Å². The van der Waals surface area contributed by atoms with Gasteiger partial charge in [-0.15, -0.1) is 0 Å². The monoisotopic (exact) mass is 856 g/mol.